The van der Waals surface area contributed by atoms with Crippen LogP contribution < -0.4 is 0 Å². The largest absolute Gasteiger partial charge is 0.468 e. The Morgan fingerprint density at radius 1 is 1.45 bits per heavy atom. The number of rotatable bonds is 5. The van der Waals surface area contributed by atoms with Crippen molar-refractivity contribution in [2.24, 2.45) is 5.92 Å². The Morgan fingerprint density at radius 2 is 2.27 bits per heavy atom. The smallest absolute Gasteiger partial charge is 0.276 e. The molecular weight excluding hydrogens is 300 g/mol. The average molecular weight is 320 g/mol. The van der Waals surface area contributed by atoms with E-state index in [2.05, 4.69) is 5.16 Å². The van der Waals surface area contributed by atoms with Crippen LogP contribution in [0.3, 0.4) is 0 Å². The van der Waals surface area contributed by atoms with Gasteiger partial charge in [0.05, 0.1) is 12.0 Å². The van der Waals surface area contributed by atoms with Crippen molar-refractivity contribution in [3.63, 3.8) is 0 Å². The number of carbonyl (C=O) groups excluding carboxylic acids is 1. The molecule has 0 aromatic carbocycles. The maximum absolute atomic E-state index is 12.3. The number of furan rings is 1. The van der Waals surface area contributed by atoms with E-state index in [1.54, 1.807) is 19.3 Å². The van der Waals surface area contributed by atoms with E-state index in [0.29, 0.717) is 17.4 Å². The van der Waals surface area contributed by atoms with Gasteiger partial charge in [-0.25, -0.2) is 0 Å². The highest BCUT2D eigenvalue weighted by molar-refractivity contribution is 7.98. The summed E-state index contributed by atoms with van der Waals surface area (Å²) < 4.78 is 10.3. The number of nitrogens with zero attached hydrogens (tertiary/aromatic N) is 2. The quantitative estimate of drug-likeness (QED) is 0.845. The molecule has 1 amide bonds. The van der Waals surface area contributed by atoms with E-state index in [9.17, 15) is 4.79 Å². The second kappa shape index (κ2) is 7.05. The van der Waals surface area contributed by atoms with Crippen LogP contribution in [-0.4, -0.2) is 34.8 Å². The normalized spacial score (nSPS) is 16.1. The SMILES string of the molecule is Cc1cc(C(=O)N2CCC(CSCc3ccco3)CC2)no1. The van der Waals surface area contributed by atoms with Gasteiger partial charge in [-0.2, -0.15) is 11.8 Å². The third-order valence-electron chi connectivity index (χ3n) is 3.93. The number of piperidine rings is 1. The van der Waals surface area contributed by atoms with Crippen LogP contribution in [0.4, 0.5) is 0 Å². The maximum Gasteiger partial charge on any atom is 0.276 e. The molecule has 2 aromatic rings. The monoisotopic (exact) mass is 320 g/mol. The summed E-state index contributed by atoms with van der Waals surface area (Å²) in [5.74, 6) is 4.39. The number of hydrogen-bond donors (Lipinski definition) is 0. The van der Waals surface area contributed by atoms with Crippen molar-refractivity contribution in [1.29, 1.82) is 0 Å². The van der Waals surface area contributed by atoms with Crippen LogP contribution in [0.15, 0.2) is 33.4 Å². The summed E-state index contributed by atoms with van der Waals surface area (Å²) in [6.07, 6.45) is 3.81. The summed E-state index contributed by atoms with van der Waals surface area (Å²) in [5, 5.41) is 3.81. The number of thioether (sulfide) groups is 1. The molecule has 1 fully saturated rings. The third kappa shape index (κ3) is 3.74. The fourth-order valence-electron chi connectivity index (χ4n) is 2.65. The fraction of sp³-hybridized carbons (Fsp3) is 0.500. The lowest BCUT2D eigenvalue weighted by Crippen LogP contribution is -2.39. The summed E-state index contributed by atoms with van der Waals surface area (Å²) in [6, 6.07) is 5.63. The molecule has 5 nitrogen and oxygen atoms in total. The number of carbonyl (C=O) groups is 1. The molecule has 0 saturated carbocycles. The maximum atomic E-state index is 12.3. The van der Waals surface area contributed by atoms with Crippen molar-refractivity contribution in [2.45, 2.75) is 25.5 Å². The number of amides is 1. The molecule has 2 aromatic heterocycles. The Hall–Kier alpha value is -1.69. The van der Waals surface area contributed by atoms with Gasteiger partial charge in [-0.05, 0) is 43.6 Å². The van der Waals surface area contributed by atoms with E-state index in [1.807, 2.05) is 28.8 Å². The average Bonchev–Trinajstić information content (AvgIpc) is 3.19. The minimum absolute atomic E-state index is 0.0152. The van der Waals surface area contributed by atoms with Crippen LogP contribution in [0.1, 0.15) is 34.9 Å². The van der Waals surface area contributed by atoms with E-state index in [4.69, 9.17) is 8.94 Å². The first-order valence-corrected chi connectivity index (χ1v) is 8.70. The Labute approximate surface area is 134 Å². The Balaban J connectivity index is 1.41. The van der Waals surface area contributed by atoms with Gasteiger partial charge in [-0.1, -0.05) is 5.16 Å². The summed E-state index contributed by atoms with van der Waals surface area (Å²) in [5.41, 5.74) is 0.420. The Morgan fingerprint density at radius 3 is 2.91 bits per heavy atom. The minimum atomic E-state index is -0.0152. The molecule has 3 rings (SSSR count). The zero-order valence-corrected chi connectivity index (χ0v) is 13.5. The standard InChI is InChI=1S/C16H20N2O3S/c1-12-9-15(17-21-12)16(19)18-6-4-13(5-7-18)10-22-11-14-3-2-8-20-14/h2-3,8-9,13H,4-7,10-11H2,1H3. The second-order valence-corrected chi connectivity index (χ2v) is 6.68. The molecule has 0 spiro atoms. The molecule has 0 bridgehead atoms. The highest BCUT2D eigenvalue weighted by Crippen LogP contribution is 2.24. The van der Waals surface area contributed by atoms with Gasteiger partial charge in [0.25, 0.3) is 5.91 Å². The van der Waals surface area contributed by atoms with Gasteiger partial charge < -0.3 is 13.8 Å². The minimum Gasteiger partial charge on any atom is -0.468 e. The molecule has 6 heteroatoms. The number of likely N-dealkylation sites (tertiary alicyclic amines) is 1. The highest BCUT2D eigenvalue weighted by atomic mass is 32.2. The fourth-order valence-corrected chi connectivity index (χ4v) is 3.80. The van der Waals surface area contributed by atoms with E-state index in [0.717, 1.165) is 43.2 Å². The van der Waals surface area contributed by atoms with Crippen LogP contribution in [0.5, 0.6) is 0 Å². The first kappa shape index (κ1) is 15.2. The first-order chi connectivity index (χ1) is 10.7. The lowest BCUT2D eigenvalue weighted by atomic mass is 9.99. The predicted octanol–water partition coefficient (Wildman–Crippen LogP) is 3.36. The highest BCUT2D eigenvalue weighted by Gasteiger charge is 2.25. The second-order valence-electron chi connectivity index (χ2n) is 5.65. The lowest BCUT2D eigenvalue weighted by molar-refractivity contribution is 0.0688. The molecule has 1 aliphatic heterocycles. The van der Waals surface area contributed by atoms with Gasteiger partial charge in [0.2, 0.25) is 0 Å². The van der Waals surface area contributed by atoms with Gasteiger partial charge >= 0.3 is 0 Å². The van der Waals surface area contributed by atoms with Crippen molar-refractivity contribution in [3.8, 4) is 0 Å². The summed E-state index contributed by atoms with van der Waals surface area (Å²) in [4.78, 5) is 14.2. The molecule has 1 aliphatic rings. The molecule has 0 radical (unpaired) electrons. The molecule has 0 unspecified atom stereocenters. The molecule has 1 saturated heterocycles. The zero-order chi connectivity index (χ0) is 15.4. The summed E-state index contributed by atoms with van der Waals surface area (Å²) in [6.45, 7) is 3.40. The van der Waals surface area contributed by atoms with Gasteiger partial charge in [0.1, 0.15) is 11.5 Å². The van der Waals surface area contributed by atoms with Crippen LogP contribution in [-0.2, 0) is 5.75 Å². The summed E-state index contributed by atoms with van der Waals surface area (Å²) >= 11 is 1.90. The molecule has 3 heterocycles. The van der Waals surface area contributed by atoms with Crippen molar-refractivity contribution in [2.75, 3.05) is 18.8 Å². The van der Waals surface area contributed by atoms with Gasteiger partial charge in [-0.3, -0.25) is 4.79 Å². The summed E-state index contributed by atoms with van der Waals surface area (Å²) in [7, 11) is 0. The number of aryl methyl sites for hydroxylation is 1. The van der Waals surface area contributed by atoms with Crippen LogP contribution in [0.25, 0.3) is 0 Å². The van der Waals surface area contributed by atoms with Crippen LogP contribution in [0, 0.1) is 12.8 Å². The Kier molecular flexibility index (Phi) is 4.87. The predicted molar refractivity (Wildman–Crippen MR) is 84.7 cm³/mol. The van der Waals surface area contributed by atoms with Gasteiger partial charge in [0.15, 0.2) is 5.69 Å². The molecule has 22 heavy (non-hydrogen) atoms. The number of aromatic nitrogens is 1. The van der Waals surface area contributed by atoms with Crippen molar-refractivity contribution >= 4 is 17.7 Å². The van der Waals surface area contributed by atoms with E-state index in [1.165, 1.54) is 0 Å². The lowest BCUT2D eigenvalue weighted by Gasteiger charge is -2.31. The number of hydrogen-bond acceptors (Lipinski definition) is 5. The van der Waals surface area contributed by atoms with Gasteiger partial charge in [0, 0.05) is 19.2 Å². The molecule has 118 valence electrons. The van der Waals surface area contributed by atoms with E-state index < -0.39 is 0 Å². The Bertz CT molecular complexity index is 601. The molecule has 0 aliphatic carbocycles. The topological polar surface area (TPSA) is 59.5 Å². The van der Waals surface area contributed by atoms with Crippen molar-refractivity contribution in [1.82, 2.24) is 10.1 Å². The zero-order valence-electron chi connectivity index (χ0n) is 12.7. The van der Waals surface area contributed by atoms with Gasteiger partial charge in [-0.15, -0.1) is 0 Å². The van der Waals surface area contributed by atoms with Crippen molar-refractivity contribution in [3.05, 3.63) is 41.7 Å². The van der Waals surface area contributed by atoms with E-state index in [-0.39, 0.29) is 5.91 Å². The third-order valence-corrected chi connectivity index (χ3v) is 5.12. The first-order valence-electron chi connectivity index (χ1n) is 7.55. The molecule has 0 atom stereocenters. The van der Waals surface area contributed by atoms with E-state index >= 15 is 0 Å². The van der Waals surface area contributed by atoms with Crippen molar-refractivity contribution < 1.29 is 13.7 Å². The molecular formula is C16H20N2O3S. The molecule has 0 N–H and O–H groups in total. The van der Waals surface area contributed by atoms with Crippen LogP contribution >= 0.6 is 11.8 Å². The van der Waals surface area contributed by atoms with Crippen LogP contribution in [0.2, 0.25) is 0 Å².